The van der Waals surface area contributed by atoms with Crippen molar-refractivity contribution in [3.05, 3.63) is 35.4 Å². The van der Waals surface area contributed by atoms with Crippen molar-refractivity contribution in [3.8, 4) is 0 Å². The molecule has 98 valence electrons. The number of benzene rings is 1. The Morgan fingerprint density at radius 2 is 2.00 bits per heavy atom. The average Bonchev–Trinajstić information content (AvgIpc) is 2.42. The number of nitrogens with one attached hydrogen (secondary N) is 1. The van der Waals surface area contributed by atoms with Gasteiger partial charge in [-0.1, -0.05) is 17.3 Å². The van der Waals surface area contributed by atoms with Crippen LogP contribution in [0.4, 0.5) is 0 Å². The van der Waals surface area contributed by atoms with Crippen LogP contribution in [-0.4, -0.2) is 37.2 Å². The molecule has 0 bridgehead atoms. The molecule has 0 spiro atoms. The SMILES string of the molecule is COCCCNC(=O)c1ccc(/C(N)=N/O)cc1. The molecule has 0 aliphatic carbocycles. The van der Waals surface area contributed by atoms with Crippen LogP contribution in [0.15, 0.2) is 29.4 Å². The number of rotatable bonds is 6. The van der Waals surface area contributed by atoms with Gasteiger partial charge < -0.3 is 21.0 Å². The Labute approximate surface area is 105 Å². The Hall–Kier alpha value is -2.08. The summed E-state index contributed by atoms with van der Waals surface area (Å²) < 4.78 is 4.88. The minimum atomic E-state index is -0.155. The molecule has 4 N–H and O–H groups in total. The Morgan fingerprint density at radius 1 is 1.39 bits per heavy atom. The van der Waals surface area contributed by atoms with E-state index in [1.165, 1.54) is 0 Å². The third-order valence-electron chi connectivity index (χ3n) is 2.36. The number of hydrogen-bond acceptors (Lipinski definition) is 4. The van der Waals surface area contributed by atoms with Gasteiger partial charge in [-0.05, 0) is 18.6 Å². The highest BCUT2D eigenvalue weighted by Gasteiger charge is 2.05. The van der Waals surface area contributed by atoms with Crippen molar-refractivity contribution >= 4 is 11.7 Å². The summed E-state index contributed by atoms with van der Waals surface area (Å²) in [7, 11) is 1.62. The first-order valence-corrected chi connectivity index (χ1v) is 5.54. The molecule has 0 aliphatic rings. The van der Waals surface area contributed by atoms with Crippen molar-refractivity contribution in [2.75, 3.05) is 20.3 Å². The van der Waals surface area contributed by atoms with Crippen LogP contribution in [0, 0.1) is 0 Å². The van der Waals surface area contributed by atoms with Crippen LogP contribution in [0.25, 0.3) is 0 Å². The molecule has 6 nitrogen and oxygen atoms in total. The highest BCUT2D eigenvalue weighted by atomic mass is 16.5. The molecular weight excluding hydrogens is 234 g/mol. The van der Waals surface area contributed by atoms with Crippen molar-refractivity contribution < 1.29 is 14.7 Å². The molecule has 18 heavy (non-hydrogen) atoms. The number of ether oxygens (including phenoxy) is 1. The Morgan fingerprint density at radius 3 is 2.56 bits per heavy atom. The standard InChI is InChI=1S/C12H17N3O3/c1-18-8-2-7-14-12(16)10-5-3-9(4-6-10)11(13)15-17/h3-6,17H,2,7-8H2,1H3,(H2,13,15)(H,14,16). The second kappa shape index (κ2) is 7.29. The second-order valence-corrected chi connectivity index (χ2v) is 3.66. The molecular formula is C12H17N3O3. The first-order valence-electron chi connectivity index (χ1n) is 5.54. The lowest BCUT2D eigenvalue weighted by Crippen LogP contribution is -2.25. The number of carbonyl (C=O) groups excluding carboxylic acids is 1. The normalized spacial score (nSPS) is 11.3. The quantitative estimate of drug-likeness (QED) is 0.226. The van der Waals surface area contributed by atoms with Gasteiger partial charge in [-0.3, -0.25) is 4.79 Å². The Balaban J connectivity index is 2.54. The maximum absolute atomic E-state index is 11.7. The van der Waals surface area contributed by atoms with E-state index in [2.05, 4.69) is 10.5 Å². The van der Waals surface area contributed by atoms with Crippen molar-refractivity contribution in [3.63, 3.8) is 0 Å². The second-order valence-electron chi connectivity index (χ2n) is 3.66. The van der Waals surface area contributed by atoms with E-state index in [1.807, 2.05) is 0 Å². The van der Waals surface area contributed by atoms with Gasteiger partial charge in [0, 0.05) is 31.4 Å². The smallest absolute Gasteiger partial charge is 0.251 e. The van der Waals surface area contributed by atoms with Crippen LogP contribution in [0.3, 0.4) is 0 Å². The van der Waals surface area contributed by atoms with Crippen LogP contribution in [0.2, 0.25) is 0 Å². The number of oxime groups is 1. The molecule has 0 aromatic heterocycles. The third kappa shape index (κ3) is 4.06. The van der Waals surface area contributed by atoms with E-state index in [1.54, 1.807) is 31.4 Å². The van der Waals surface area contributed by atoms with Crippen molar-refractivity contribution in [1.29, 1.82) is 0 Å². The number of amides is 1. The maximum atomic E-state index is 11.7. The minimum Gasteiger partial charge on any atom is -0.409 e. The molecule has 1 rings (SSSR count). The van der Waals surface area contributed by atoms with Gasteiger partial charge in [0.1, 0.15) is 0 Å². The topological polar surface area (TPSA) is 96.9 Å². The largest absolute Gasteiger partial charge is 0.409 e. The Kier molecular flexibility index (Phi) is 5.66. The number of nitrogens with two attached hydrogens (primary N) is 1. The first kappa shape index (κ1) is 14.0. The molecule has 0 saturated heterocycles. The number of nitrogens with zero attached hydrogens (tertiary/aromatic N) is 1. The average molecular weight is 251 g/mol. The lowest BCUT2D eigenvalue weighted by Gasteiger charge is -2.05. The van der Waals surface area contributed by atoms with Gasteiger partial charge in [0.05, 0.1) is 0 Å². The summed E-state index contributed by atoms with van der Waals surface area (Å²) in [6.07, 6.45) is 0.768. The van der Waals surface area contributed by atoms with Crippen LogP contribution in [0.5, 0.6) is 0 Å². The first-order chi connectivity index (χ1) is 8.69. The summed E-state index contributed by atoms with van der Waals surface area (Å²) >= 11 is 0. The predicted molar refractivity (Wildman–Crippen MR) is 67.8 cm³/mol. The zero-order chi connectivity index (χ0) is 13.4. The van der Waals surface area contributed by atoms with E-state index in [9.17, 15) is 4.79 Å². The van der Waals surface area contributed by atoms with Gasteiger partial charge in [0.25, 0.3) is 5.91 Å². The van der Waals surface area contributed by atoms with Gasteiger partial charge in [-0.2, -0.15) is 0 Å². The molecule has 0 fully saturated rings. The Bertz CT molecular complexity index is 415. The maximum Gasteiger partial charge on any atom is 0.251 e. The van der Waals surface area contributed by atoms with Gasteiger partial charge in [-0.15, -0.1) is 0 Å². The van der Waals surface area contributed by atoms with Gasteiger partial charge in [-0.25, -0.2) is 0 Å². The van der Waals surface area contributed by atoms with E-state index in [0.29, 0.717) is 24.3 Å². The van der Waals surface area contributed by atoms with Crippen LogP contribution in [-0.2, 0) is 4.74 Å². The van der Waals surface area contributed by atoms with Crippen molar-refractivity contribution in [2.45, 2.75) is 6.42 Å². The van der Waals surface area contributed by atoms with E-state index < -0.39 is 0 Å². The summed E-state index contributed by atoms with van der Waals surface area (Å²) in [6, 6.07) is 6.50. The van der Waals surface area contributed by atoms with Gasteiger partial charge in [0.2, 0.25) is 0 Å². The van der Waals surface area contributed by atoms with Crippen LogP contribution >= 0.6 is 0 Å². The van der Waals surface area contributed by atoms with Crippen LogP contribution in [0.1, 0.15) is 22.3 Å². The molecule has 6 heteroatoms. The monoisotopic (exact) mass is 251 g/mol. The number of hydrogen-bond donors (Lipinski definition) is 3. The lowest BCUT2D eigenvalue weighted by molar-refractivity contribution is 0.0948. The molecule has 0 heterocycles. The third-order valence-corrected chi connectivity index (χ3v) is 2.36. The highest BCUT2D eigenvalue weighted by molar-refractivity contribution is 5.99. The van der Waals surface area contributed by atoms with E-state index in [4.69, 9.17) is 15.7 Å². The predicted octanol–water partition coefficient (Wildman–Crippen LogP) is 0.547. The van der Waals surface area contributed by atoms with Crippen LogP contribution < -0.4 is 11.1 Å². The highest BCUT2D eigenvalue weighted by Crippen LogP contribution is 2.04. The molecule has 0 radical (unpaired) electrons. The molecule has 0 atom stereocenters. The summed E-state index contributed by atoms with van der Waals surface area (Å²) in [5.74, 6) is -0.140. The number of methoxy groups -OCH3 is 1. The molecule has 1 aromatic rings. The zero-order valence-corrected chi connectivity index (χ0v) is 10.2. The molecule has 1 amide bonds. The van der Waals surface area contributed by atoms with Crippen molar-refractivity contribution in [2.24, 2.45) is 10.9 Å². The molecule has 0 unspecified atom stereocenters. The van der Waals surface area contributed by atoms with E-state index >= 15 is 0 Å². The van der Waals surface area contributed by atoms with E-state index in [-0.39, 0.29) is 11.7 Å². The van der Waals surface area contributed by atoms with Crippen molar-refractivity contribution in [1.82, 2.24) is 5.32 Å². The fourth-order valence-corrected chi connectivity index (χ4v) is 1.37. The zero-order valence-electron chi connectivity index (χ0n) is 10.2. The number of amidine groups is 1. The summed E-state index contributed by atoms with van der Waals surface area (Å²) in [5, 5.41) is 14.2. The summed E-state index contributed by atoms with van der Waals surface area (Å²) in [4.78, 5) is 11.7. The lowest BCUT2D eigenvalue weighted by atomic mass is 10.1. The van der Waals surface area contributed by atoms with E-state index in [0.717, 1.165) is 6.42 Å². The van der Waals surface area contributed by atoms with Gasteiger partial charge in [0.15, 0.2) is 5.84 Å². The number of carbonyl (C=O) groups is 1. The summed E-state index contributed by atoms with van der Waals surface area (Å²) in [6.45, 7) is 1.18. The molecule has 0 aliphatic heterocycles. The summed E-state index contributed by atoms with van der Waals surface area (Å²) in [5.41, 5.74) is 6.51. The molecule has 0 saturated carbocycles. The fraction of sp³-hybridized carbons (Fsp3) is 0.333. The van der Waals surface area contributed by atoms with Gasteiger partial charge >= 0.3 is 0 Å². The molecule has 1 aromatic carbocycles. The fourth-order valence-electron chi connectivity index (χ4n) is 1.37. The minimum absolute atomic E-state index is 0.0158.